The summed E-state index contributed by atoms with van der Waals surface area (Å²) in [7, 11) is -1.49. The first kappa shape index (κ1) is 23.8. The van der Waals surface area contributed by atoms with Crippen LogP contribution in [-0.2, 0) is 10.2 Å². The number of hydrogen-bond acceptors (Lipinski definition) is 6. The molecule has 0 aliphatic carbocycles. The van der Waals surface area contributed by atoms with Gasteiger partial charge in [0.05, 0.1) is 13.2 Å². The molecule has 0 aromatic heterocycles. The first-order chi connectivity index (χ1) is 14.9. The summed E-state index contributed by atoms with van der Waals surface area (Å²) >= 11 is 0. The van der Waals surface area contributed by atoms with Gasteiger partial charge in [0.15, 0.2) is 11.5 Å². The molecule has 1 amide bonds. The zero-order chi connectivity index (χ0) is 22.4. The number of hydrogen-bond donors (Lipinski definition) is 0. The third kappa shape index (κ3) is 5.68. The van der Waals surface area contributed by atoms with Crippen LogP contribution in [0.3, 0.4) is 0 Å². The molecule has 2 aliphatic heterocycles. The van der Waals surface area contributed by atoms with Gasteiger partial charge in [0.25, 0.3) is 16.1 Å². The zero-order valence-corrected chi connectivity index (χ0v) is 19.6. The second-order valence-electron chi connectivity index (χ2n) is 7.84. The summed E-state index contributed by atoms with van der Waals surface area (Å²) in [5.41, 5.74) is 0.516. The number of rotatable bonds is 8. The van der Waals surface area contributed by atoms with Crippen molar-refractivity contribution >= 4 is 16.1 Å². The predicted octanol–water partition coefficient (Wildman–Crippen LogP) is 1.12. The molecule has 2 aliphatic rings. The highest BCUT2D eigenvalue weighted by Gasteiger charge is 2.34. The fraction of sp³-hybridized carbons (Fsp3) is 0.667. The van der Waals surface area contributed by atoms with Gasteiger partial charge in [-0.05, 0) is 38.6 Å². The van der Waals surface area contributed by atoms with E-state index in [4.69, 9.17) is 9.47 Å². The third-order valence-corrected chi connectivity index (χ3v) is 7.63. The summed E-state index contributed by atoms with van der Waals surface area (Å²) in [5, 5.41) is 0. The molecular formula is C21H34N4O5S. The number of carbonyl (C=O) groups excluding carboxylic acids is 1. The van der Waals surface area contributed by atoms with E-state index in [1.54, 1.807) is 27.4 Å². The van der Waals surface area contributed by atoms with Gasteiger partial charge in [-0.3, -0.25) is 4.79 Å². The van der Waals surface area contributed by atoms with E-state index in [1.165, 1.54) is 4.31 Å². The lowest BCUT2D eigenvalue weighted by atomic mass is 10.1. The molecule has 0 radical (unpaired) electrons. The monoisotopic (exact) mass is 454 g/mol. The summed E-state index contributed by atoms with van der Waals surface area (Å²) in [6.45, 7) is 8.78. The van der Waals surface area contributed by atoms with E-state index in [9.17, 15) is 13.2 Å². The molecule has 0 unspecified atom stereocenters. The number of piperazine rings is 2. The Bertz CT molecular complexity index is 847. The van der Waals surface area contributed by atoms with E-state index < -0.39 is 10.2 Å². The maximum atomic E-state index is 13.0. The standard InChI is InChI=1S/C21H34N4O5S/c1-4-16-30-19-7-6-18(17-20(19)29-5-2)21(26)23-10-14-25(15-11-23)31(27,28)24-12-8-22(3)9-13-24/h6-7,17H,4-5,8-16H2,1-3H3. The molecule has 2 heterocycles. The van der Waals surface area contributed by atoms with Crippen LogP contribution in [0.1, 0.15) is 30.6 Å². The molecular weight excluding hydrogens is 420 g/mol. The topological polar surface area (TPSA) is 82.6 Å². The summed E-state index contributed by atoms with van der Waals surface area (Å²) in [6.07, 6.45) is 0.883. The quantitative estimate of drug-likeness (QED) is 0.586. The Kier molecular flexibility index (Phi) is 8.15. The van der Waals surface area contributed by atoms with Crippen LogP contribution in [0.15, 0.2) is 18.2 Å². The fourth-order valence-electron chi connectivity index (χ4n) is 3.73. The second kappa shape index (κ2) is 10.6. The number of amides is 1. The molecule has 0 saturated carbocycles. The Morgan fingerprint density at radius 2 is 1.52 bits per heavy atom. The van der Waals surface area contributed by atoms with Crippen molar-refractivity contribution in [3.63, 3.8) is 0 Å². The van der Waals surface area contributed by atoms with Crippen LogP contribution in [0.4, 0.5) is 0 Å². The summed E-state index contributed by atoms with van der Waals surface area (Å²) in [6, 6.07) is 5.22. The fourth-order valence-corrected chi connectivity index (χ4v) is 5.30. The lowest BCUT2D eigenvalue weighted by Crippen LogP contribution is -2.57. The molecule has 0 spiro atoms. The molecule has 174 valence electrons. The highest BCUT2D eigenvalue weighted by atomic mass is 32.2. The van der Waals surface area contributed by atoms with Crippen LogP contribution in [0.2, 0.25) is 0 Å². The van der Waals surface area contributed by atoms with Crippen molar-refractivity contribution in [2.24, 2.45) is 0 Å². The van der Waals surface area contributed by atoms with Crippen LogP contribution in [0.25, 0.3) is 0 Å². The lowest BCUT2D eigenvalue weighted by Gasteiger charge is -2.39. The molecule has 0 bridgehead atoms. The van der Waals surface area contributed by atoms with Gasteiger partial charge in [0.1, 0.15) is 0 Å². The highest BCUT2D eigenvalue weighted by Crippen LogP contribution is 2.29. The van der Waals surface area contributed by atoms with Gasteiger partial charge in [-0.1, -0.05) is 6.92 Å². The highest BCUT2D eigenvalue weighted by molar-refractivity contribution is 7.86. The van der Waals surface area contributed by atoms with Crippen molar-refractivity contribution in [3.8, 4) is 11.5 Å². The van der Waals surface area contributed by atoms with E-state index in [2.05, 4.69) is 4.90 Å². The SMILES string of the molecule is CCCOc1ccc(C(=O)N2CCN(S(=O)(=O)N3CCN(C)CC3)CC2)cc1OCC. The smallest absolute Gasteiger partial charge is 0.282 e. The maximum Gasteiger partial charge on any atom is 0.282 e. The van der Waals surface area contributed by atoms with Crippen LogP contribution in [-0.4, -0.2) is 105 Å². The van der Waals surface area contributed by atoms with Crippen molar-refractivity contribution in [1.82, 2.24) is 18.4 Å². The Labute approximate surface area is 185 Å². The van der Waals surface area contributed by atoms with Crippen molar-refractivity contribution in [2.45, 2.75) is 20.3 Å². The number of benzene rings is 1. The molecule has 3 rings (SSSR count). The molecule has 10 heteroatoms. The lowest BCUT2D eigenvalue weighted by molar-refractivity contribution is 0.0691. The van der Waals surface area contributed by atoms with Gasteiger partial charge >= 0.3 is 0 Å². The second-order valence-corrected chi connectivity index (χ2v) is 9.77. The number of ether oxygens (including phenoxy) is 2. The minimum absolute atomic E-state index is 0.125. The average Bonchev–Trinajstić information content (AvgIpc) is 2.78. The van der Waals surface area contributed by atoms with E-state index in [1.807, 2.05) is 20.9 Å². The first-order valence-electron chi connectivity index (χ1n) is 11.0. The molecule has 1 aromatic carbocycles. The van der Waals surface area contributed by atoms with E-state index in [-0.39, 0.29) is 5.91 Å². The Hall–Kier alpha value is -1.88. The average molecular weight is 455 g/mol. The van der Waals surface area contributed by atoms with Gasteiger partial charge in [-0.2, -0.15) is 17.0 Å². The minimum Gasteiger partial charge on any atom is -0.490 e. The molecule has 0 atom stereocenters. The predicted molar refractivity (Wildman–Crippen MR) is 119 cm³/mol. The Morgan fingerprint density at radius 3 is 2.10 bits per heavy atom. The van der Waals surface area contributed by atoms with Crippen molar-refractivity contribution in [1.29, 1.82) is 0 Å². The van der Waals surface area contributed by atoms with Crippen molar-refractivity contribution < 1.29 is 22.7 Å². The van der Waals surface area contributed by atoms with Gasteiger partial charge in [0, 0.05) is 57.9 Å². The third-order valence-electron chi connectivity index (χ3n) is 5.59. The van der Waals surface area contributed by atoms with Crippen LogP contribution >= 0.6 is 0 Å². The number of likely N-dealkylation sites (N-methyl/N-ethyl adjacent to an activating group) is 1. The number of nitrogens with zero attached hydrogens (tertiary/aromatic N) is 4. The molecule has 9 nitrogen and oxygen atoms in total. The normalized spacial score (nSPS) is 19.4. The van der Waals surface area contributed by atoms with E-state index in [0.717, 1.165) is 19.5 Å². The van der Waals surface area contributed by atoms with Gasteiger partial charge in [0.2, 0.25) is 0 Å². The number of carbonyl (C=O) groups is 1. The van der Waals surface area contributed by atoms with Crippen molar-refractivity contribution in [3.05, 3.63) is 23.8 Å². The van der Waals surface area contributed by atoms with E-state index >= 15 is 0 Å². The summed E-state index contributed by atoms with van der Waals surface area (Å²) < 4.78 is 40.3. The van der Waals surface area contributed by atoms with Crippen molar-refractivity contribution in [2.75, 3.05) is 72.6 Å². The summed E-state index contributed by atoms with van der Waals surface area (Å²) in [5.74, 6) is 1.06. The van der Waals surface area contributed by atoms with Crippen LogP contribution < -0.4 is 9.47 Å². The summed E-state index contributed by atoms with van der Waals surface area (Å²) in [4.78, 5) is 16.8. The molecule has 31 heavy (non-hydrogen) atoms. The van der Waals surface area contributed by atoms with Crippen LogP contribution in [0, 0.1) is 0 Å². The van der Waals surface area contributed by atoms with Gasteiger partial charge in [-0.25, -0.2) is 0 Å². The Balaban J connectivity index is 1.62. The molecule has 2 saturated heterocycles. The molecule has 2 fully saturated rings. The Morgan fingerprint density at radius 1 is 0.903 bits per heavy atom. The van der Waals surface area contributed by atoms with Gasteiger partial charge < -0.3 is 19.3 Å². The van der Waals surface area contributed by atoms with E-state index in [0.29, 0.717) is 69.5 Å². The largest absolute Gasteiger partial charge is 0.490 e. The van der Waals surface area contributed by atoms with Crippen LogP contribution in [0.5, 0.6) is 11.5 Å². The molecule has 0 N–H and O–H groups in total. The maximum absolute atomic E-state index is 13.0. The molecule has 1 aromatic rings. The minimum atomic E-state index is -3.49. The first-order valence-corrected chi connectivity index (χ1v) is 12.4. The zero-order valence-electron chi connectivity index (χ0n) is 18.7. The van der Waals surface area contributed by atoms with Gasteiger partial charge in [-0.15, -0.1) is 0 Å².